The van der Waals surface area contributed by atoms with Gasteiger partial charge in [0.05, 0.1) is 20.6 Å². The summed E-state index contributed by atoms with van der Waals surface area (Å²) in [7, 11) is 0. The summed E-state index contributed by atoms with van der Waals surface area (Å²) in [6.07, 6.45) is 0. The highest BCUT2D eigenvalue weighted by atomic mass is 16.3. The Morgan fingerprint density at radius 1 is 0.442 bits per heavy atom. The standard InChI is InChI=1S/C42H26O/c1-2-12-28(13-3-1)32-19-10-20-37-38-26-31(23-24-39(38)43-42(32)37)41-35-17-8-6-15-33(35)40(34-16-7-9-18-36(34)41)30-22-21-27-11-4-5-14-29(27)25-30/h1-26H/i4D,5D,6D,7D,8D,9D,11D,14D,15D,16D,17D,18D,21D,22D,25D. The first kappa shape index (κ1) is 13.5. The molecule has 9 rings (SSSR count). The van der Waals surface area contributed by atoms with Gasteiger partial charge in [-0.2, -0.15) is 0 Å². The number of rotatable bonds is 3. The van der Waals surface area contributed by atoms with Gasteiger partial charge in [0.25, 0.3) is 0 Å². The topological polar surface area (TPSA) is 13.1 Å². The molecule has 0 radical (unpaired) electrons. The number of hydrogen-bond acceptors (Lipinski definition) is 1. The van der Waals surface area contributed by atoms with Crippen LogP contribution < -0.4 is 0 Å². The maximum atomic E-state index is 9.41. The lowest BCUT2D eigenvalue weighted by molar-refractivity contribution is 0.670. The maximum absolute atomic E-state index is 9.41. The maximum Gasteiger partial charge on any atom is 0.143 e. The molecule has 0 amide bonds. The van der Waals surface area contributed by atoms with Crippen molar-refractivity contribution >= 4 is 54.3 Å². The summed E-state index contributed by atoms with van der Waals surface area (Å²) >= 11 is 0. The third kappa shape index (κ3) is 3.72. The van der Waals surface area contributed by atoms with Gasteiger partial charge in [-0.25, -0.2) is 0 Å². The Hall–Kier alpha value is -5.66. The summed E-state index contributed by atoms with van der Waals surface area (Å²) in [6.45, 7) is 0. The molecule has 0 spiro atoms. The van der Waals surface area contributed by atoms with Gasteiger partial charge in [0, 0.05) is 16.3 Å². The number of fused-ring (bicyclic) bond motifs is 6. The van der Waals surface area contributed by atoms with Gasteiger partial charge in [0.2, 0.25) is 0 Å². The van der Waals surface area contributed by atoms with E-state index in [1.165, 1.54) is 0 Å². The average Bonchev–Trinajstić information content (AvgIpc) is 3.61. The molecule has 9 aromatic rings. The average molecular weight is 562 g/mol. The second-order valence-corrected chi connectivity index (χ2v) is 10.1. The molecule has 200 valence electrons. The first-order valence-electron chi connectivity index (χ1n) is 21.1. The van der Waals surface area contributed by atoms with Gasteiger partial charge in [0.15, 0.2) is 0 Å². The molecule has 0 aliphatic rings. The number of hydrogen-bond donors (Lipinski definition) is 0. The zero-order valence-corrected chi connectivity index (χ0v) is 22.3. The van der Waals surface area contributed by atoms with E-state index in [0.717, 1.165) is 11.1 Å². The number of furan rings is 1. The van der Waals surface area contributed by atoms with E-state index in [-0.39, 0.29) is 32.7 Å². The Morgan fingerprint density at radius 2 is 1.09 bits per heavy atom. The van der Waals surface area contributed by atoms with Crippen LogP contribution in [0.4, 0.5) is 0 Å². The van der Waals surface area contributed by atoms with E-state index in [0.29, 0.717) is 27.5 Å². The van der Waals surface area contributed by atoms with E-state index >= 15 is 0 Å². The van der Waals surface area contributed by atoms with Crippen LogP contribution in [0.5, 0.6) is 0 Å². The molecule has 0 bridgehead atoms. The Bertz CT molecular complexity index is 3260. The fourth-order valence-electron chi connectivity index (χ4n) is 5.87. The highest BCUT2D eigenvalue weighted by Gasteiger charge is 2.18. The largest absolute Gasteiger partial charge is 0.455 e. The number of para-hydroxylation sites is 1. The van der Waals surface area contributed by atoms with Crippen molar-refractivity contribution in [2.75, 3.05) is 0 Å². The molecule has 1 nitrogen and oxygen atoms in total. The van der Waals surface area contributed by atoms with Gasteiger partial charge in [-0.1, -0.05) is 139 Å². The van der Waals surface area contributed by atoms with E-state index in [4.69, 9.17) is 16.8 Å². The van der Waals surface area contributed by atoms with E-state index in [2.05, 4.69) is 0 Å². The fraction of sp³-hybridized carbons (Fsp3) is 0. The van der Waals surface area contributed by atoms with Crippen LogP contribution in [0.1, 0.15) is 20.6 Å². The first-order valence-corrected chi connectivity index (χ1v) is 13.6. The lowest BCUT2D eigenvalue weighted by Gasteiger charge is -2.18. The molecule has 0 atom stereocenters. The summed E-state index contributed by atoms with van der Waals surface area (Å²) in [5.41, 5.74) is 2.27. The minimum absolute atomic E-state index is 0.0232. The zero-order chi connectivity index (χ0) is 41.4. The van der Waals surface area contributed by atoms with Crippen LogP contribution in [-0.2, 0) is 0 Å². The molecular weight excluding hydrogens is 520 g/mol. The van der Waals surface area contributed by atoms with Crippen molar-refractivity contribution in [3.8, 4) is 33.4 Å². The highest BCUT2D eigenvalue weighted by molar-refractivity contribution is 6.22. The van der Waals surface area contributed by atoms with Crippen molar-refractivity contribution in [2.45, 2.75) is 0 Å². The van der Waals surface area contributed by atoms with Gasteiger partial charge < -0.3 is 4.42 Å². The molecule has 0 fully saturated rings. The van der Waals surface area contributed by atoms with Gasteiger partial charge in [0.1, 0.15) is 11.2 Å². The second kappa shape index (κ2) is 9.44. The molecule has 0 N–H and O–H groups in total. The summed E-state index contributed by atoms with van der Waals surface area (Å²) in [5, 5.41) is -0.481. The Balaban J connectivity index is 1.52. The molecule has 0 aliphatic heterocycles. The summed E-state index contributed by atoms with van der Waals surface area (Å²) in [5.74, 6) is 0. The predicted molar refractivity (Wildman–Crippen MR) is 183 cm³/mol. The Kier molecular flexibility index (Phi) is 2.97. The van der Waals surface area contributed by atoms with Crippen LogP contribution in [0.25, 0.3) is 87.6 Å². The quantitative estimate of drug-likeness (QED) is 0.196. The van der Waals surface area contributed by atoms with Gasteiger partial charge >= 0.3 is 0 Å². The summed E-state index contributed by atoms with van der Waals surface area (Å²) < 4.78 is 140. The molecule has 0 aliphatic carbocycles. The minimum atomic E-state index is -0.738. The van der Waals surface area contributed by atoms with Crippen LogP contribution in [0.2, 0.25) is 0 Å². The molecule has 8 aromatic carbocycles. The van der Waals surface area contributed by atoms with Crippen molar-refractivity contribution in [1.29, 1.82) is 0 Å². The summed E-state index contributed by atoms with van der Waals surface area (Å²) in [4.78, 5) is 0. The predicted octanol–water partition coefficient (Wildman–Crippen LogP) is 12.0. The molecule has 0 saturated carbocycles. The van der Waals surface area contributed by atoms with Crippen LogP contribution >= 0.6 is 0 Å². The van der Waals surface area contributed by atoms with E-state index in [1.54, 1.807) is 18.2 Å². The van der Waals surface area contributed by atoms with Crippen molar-refractivity contribution in [1.82, 2.24) is 0 Å². The van der Waals surface area contributed by atoms with Crippen LogP contribution in [-0.4, -0.2) is 0 Å². The summed E-state index contributed by atoms with van der Waals surface area (Å²) in [6, 6.07) is 10.3. The first-order chi connectivity index (χ1) is 27.6. The lowest BCUT2D eigenvalue weighted by atomic mass is 9.85. The molecule has 0 saturated heterocycles. The second-order valence-electron chi connectivity index (χ2n) is 10.1. The molecule has 0 unspecified atom stereocenters. The zero-order valence-electron chi connectivity index (χ0n) is 37.3. The third-order valence-corrected chi connectivity index (χ3v) is 7.75. The van der Waals surface area contributed by atoms with Crippen molar-refractivity contribution < 1.29 is 25.0 Å². The third-order valence-electron chi connectivity index (χ3n) is 7.75. The normalized spacial score (nSPS) is 16.6. The Labute approximate surface area is 270 Å². The van der Waals surface area contributed by atoms with E-state index in [1.807, 2.05) is 48.5 Å². The minimum Gasteiger partial charge on any atom is -0.455 e. The molecular formula is C42H26O. The van der Waals surface area contributed by atoms with Gasteiger partial charge in [-0.15, -0.1) is 0 Å². The van der Waals surface area contributed by atoms with Gasteiger partial charge in [-0.05, 0) is 78.3 Å². The Morgan fingerprint density at radius 3 is 1.81 bits per heavy atom. The number of benzene rings is 8. The molecule has 1 heterocycles. The van der Waals surface area contributed by atoms with E-state index in [9.17, 15) is 8.22 Å². The van der Waals surface area contributed by atoms with Crippen molar-refractivity contribution in [3.63, 3.8) is 0 Å². The van der Waals surface area contributed by atoms with Crippen LogP contribution in [0.15, 0.2) is 162 Å². The highest BCUT2D eigenvalue weighted by Crippen LogP contribution is 2.45. The van der Waals surface area contributed by atoms with Crippen molar-refractivity contribution in [2.24, 2.45) is 0 Å². The smallest absolute Gasteiger partial charge is 0.143 e. The van der Waals surface area contributed by atoms with Crippen LogP contribution in [0.3, 0.4) is 0 Å². The SMILES string of the molecule is [2H]c1c([2H])c([2H])c2c([2H])c(-c3c4c([2H])c([2H])c([2H])c([2H])c4c(-c4ccc5oc6c(-c7ccccc7)cccc6c5c4)c4c([2H])c([2H])c([2H])c([2H])c34)c([2H])c([2H])c2c1[2H]. The molecule has 1 aromatic heterocycles. The lowest BCUT2D eigenvalue weighted by Crippen LogP contribution is -1.91. The molecule has 1 heteroatoms. The van der Waals surface area contributed by atoms with E-state index < -0.39 is 107 Å². The van der Waals surface area contributed by atoms with Crippen molar-refractivity contribution in [3.05, 3.63) is 157 Å². The molecule has 43 heavy (non-hydrogen) atoms. The van der Waals surface area contributed by atoms with Gasteiger partial charge in [-0.3, -0.25) is 0 Å². The van der Waals surface area contributed by atoms with Crippen LogP contribution in [0, 0.1) is 0 Å². The fourth-order valence-corrected chi connectivity index (χ4v) is 5.87. The monoisotopic (exact) mass is 561 g/mol.